The molecule has 0 aliphatic heterocycles. The van der Waals surface area contributed by atoms with Crippen LogP contribution in [0.3, 0.4) is 0 Å². The predicted octanol–water partition coefficient (Wildman–Crippen LogP) is 3.39. The molecule has 0 fully saturated rings. The number of hydrogen-bond acceptors (Lipinski definition) is 4. The molecule has 6 nitrogen and oxygen atoms in total. The minimum absolute atomic E-state index is 0.0542. The van der Waals surface area contributed by atoms with E-state index in [1.165, 1.54) is 0 Å². The van der Waals surface area contributed by atoms with E-state index >= 15 is 0 Å². The maximum absolute atomic E-state index is 5.57. The molecule has 0 radical (unpaired) electrons. The van der Waals surface area contributed by atoms with Crippen LogP contribution in [0.2, 0.25) is 0 Å². The van der Waals surface area contributed by atoms with Crippen molar-refractivity contribution >= 4 is 5.96 Å². The molecule has 2 aromatic carbocycles. The zero-order valence-corrected chi connectivity index (χ0v) is 15.6. The lowest BCUT2D eigenvalue weighted by atomic mass is 10.1. The molecule has 0 aliphatic carbocycles. The fraction of sp³-hybridized carbons (Fsp3) is 0.238. The van der Waals surface area contributed by atoms with Crippen molar-refractivity contribution in [1.29, 1.82) is 0 Å². The Morgan fingerprint density at radius 1 is 1.07 bits per heavy atom. The van der Waals surface area contributed by atoms with E-state index in [0.717, 1.165) is 16.8 Å². The van der Waals surface area contributed by atoms with Gasteiger partial charge in [-0.3, -0.25) is 4.99 Å². The van der Waals surface area contributed by atoms with Crippen molar-refractivity contribution < 1.29 is 9.15 Å². The first kappa shape index (κ1) is 18.7. The van der Waals surface area contributed by atoms with Gasteiger partial charge in [0, 0.05) is 26.3 Å². The minimum atomic E-state index is -0.0542. The molecular formula is C21H24N4O2. The van der Waals surface area contributed by atoms with E-state index in [1.54, 1.807) is 20.4 Å². The Bertz CT molecular complexity index is 847. The number of aliphatic imine (C=N–C) groups is 1. The average Bonchev–Trinajstić information content (AvgIpc) is 3.21. The van der Waals surface area contributed by atoms with Gasteiger partial charge >= 0.3 is 0 Å². The number of hydrogen-bond donors (Lipinski definition) is 2. The van der Waals surface area contributed by atoms with Crippen molar-refractivity contribution in [3.63, 3.8) is 0 Å². The van der Waals surface area contributed by atoms with Gasteiger partial charge in [-0.1, -0.05) is 48.5 Å². The fourth-order valence-electron chi connectivity index (χ4n) is 2.69. The van der Waals surface area contributed by atoms with Gasteiger partial charge < -0.3 is 19.8 Å². The SMILES string of the molecule is CN=C(NCc1coc(-c2ccccc2)n1)NCC(OC)c1ccccc1. The predicted molar refractivity (Wildman–Crippen MR) is 106 cm³/mol. The number of nitrogens with zero attached hydrogens (tertiary/aromatic N) is 2. The Morgan fingerprint density at radius 2 is 1.78 bits per heavy atom. The van der Waals surface area contributed by atoms with E-state index in [0.29, 0.717) is 24.9 Å². The van der Waals surface area contributed by atoms with Crippen molar-refractivity contribution in [2.45, 2.75) is 12.6 Å². The Hall–Kier alpha value is -3.12. The van der Waals surface area contributed by atoms with Crippen LogP contribution < -0.4 is 10.6 Å². The summed E-state index contributed by atoms with van der Waals surface area (Å²) in [5.74, 6) is 1.29. The fourth-order valence-corrected chi connectivity index (χ4v) is 2.69. The quantitative estimate of drug-likeness (QED) is 0.497. The molecule has 0 saturated carbocycles. The highest BCUT2D eigenvalue weighted by molar-refractivity contribution is 5.79. The number of aromatic nitrogens is 1. The van der Waals surface area contributed by atoms with Crippen LogP contribution in [0.15, 0.2) is 76.3 Å². The molecule has 1 atom stereocenters. The van der Waals surface area contributed by atoms with E-state index in [1.807, 2.05) is 60.7 Å². The van der Waals surface area contributed by atoms with Gasteiger partial charge in [0.25, 0.3) is 0 Å². The highest BCUT2D eigenvalue weighted by Gasteiger charge is 2.11. The first-order valence-corrected chi connectivity index (χ1v) is 8.82. The lowest BCUT2D eigenvalue weighted by Gasteiger charge is -2.18. The second-order valence-electron chi connectivity index (χ2n) is 5.95. The molecule has 27 heavy (non-hydrogen) atoms. The molecule has 0 bridgehead atoms. The van der Waals surface area contributed by atoms with Gasteiger partial charge in [-0.2, -0.15) is 0 Å². The topological polar surface area (TPSA) is 71.7 Å². The average molecular weight is 364 g/mol. The molecule has 1 aromatic heterocycles. The first-order valence-electron chi connectivity index (χ1n) is 8.82. The molecule has 2 N–H and O–H groups in total. The monoisotopic (exact) mass is 364 g/mol. The van der Waals surface area contributed by atoms with Gasteiger partial charge in [0.15, 0.2) is 5.96 Å². The molecule has 0 amide bonds. The summed E-state index contributed by atoms with van der Waals surface area (Å²) in [5, 5.41) is 6.53. The summed E-state index contributed by atoms with van der Waals surface area (Å²) in [7, 11) is 3.44. The van der Waals surface area contributed by atoms with Gasteiger partial charge in [-0.05, 0) is 17.7 Å². The zero-order chi connectivity index (χ0) is 18.9. The van der Waals surface area contributed by atoms with Gasteiger partial charge in [0.2, 0.25) is 5.89 Å². The maximum atomic E-state index is 5.57. The summed E-state index contributed by atoms with van der Waals surface area (Å²) in [6, 6.07) is 19.9. The van der Waals surface area contributed by atoms with Crippen LogP contribution in [0.4, 0.5) is 0 Å². The molecular weight excluding hydrogens is 340 g/mol. The Kier molecular flexibility index (Phi) is 6.60. The highest BCUT2D eigenvalue weighted by Crippen LogP contribution is 2.18. The number of benzene rings is 2. The molecule has 0 aliphatic rings. The number of guanidine groups is 1. The first-order chi connectivity index (χ1) is 13.3. The van der Waals surface area contributed by atoms with E-state index in [2.05, 4.69) is 20.6 Å². The standard InChI is InChI=1S/C21H24N4O2/c1-22-21(24-14-19(26-2)16-9-5-3-6-10-16)23-13-18-15-27-20(25-18)17-11-7-4-8-12-17/h3-12,15,19H,13-14H2,1-2H3,(H2,22,23,24). The van der Waals surface area contributed by atoms with Crippen molar-refractivity contribution in [2.75, 3.05) is 20.7 Å². The lowest BCUT2D eigenvalue weighted by Crippen LogP contribution is -2.39. The van der Waals surface area contributed by atoms with E-state index < -0.39 is 0 Å². The van der Waals surface area contributed by atoms with Crippen LogP contribution in [0, 0.1) is 0 Å². The number of oxazole rings is 1. The minimum Gasteiger partial charge on any atom is -0.444 e. The smallest absolute Gasteiger partial charge is 0.226 e. The van der Waals surface area contributed by atoms with Crippen molar-refractivity contribution in [3.05, 3.63) is 78.2 Å². The molecule has 6 heteroatoms. The van der Waals surface area contributed by atoms with Crippen LogP contribution in [-0.2, 0) is 11.3 Å². The number of ether oxygens (including phenoxy) is 1. The maximum Gasteiger partial charge on any atom is 0.226 e. The molecule has 3 aromatic rings. The second kappa shape index (κ2) is 9.54. The molecule has 3 rings (SSSR count). The lowest BCUT2D eigenvalue weighted by molar-refractivity contribution is 0.106. The van der Waals surface area contributed by atoms with Gasteiger partial charge in [-0.25, -0.2) is 4.98 Å². The highest BCUT2D eigenvalue weighted by atomic mass is 16.5. The summed E-state index contributed by atoms with van der Waals surface area (Å²) in [5.41, 5.74) is 2.88. The summed E-state index contributed by atoms with van der Waals surface area (Å²) in [6.07, 6.45) is 1.60. The van der Waals surface area contributed by atoms with Gasteiger partial charge in [-0.15, -0.1) is 0 Å². The molecule has 1 heterocycles. The molecule has 0 spiro atoms. The number of nitrogens with one attached hydrogen (secondary N) is 2. The Morgan fingerprint density at radius 3 is 2.44 bits per heavy atom. The van der Waals surface area contributed by atoms with Gasteiger partial charge in [0.1, 0.15) is 6.26 Å². The van der Waals surface area contributed by atoms with E-state index in [-0.39, 0.29) is 6.10 Å². The van der Waals surface area contributed by atoms with Crippen LogP contribution in [-0.4, -0.2) is 31.6 Å². The Balaban J connectivity index is 1.53. The van der Waals surface area contributed by atoms with Crippen LogP contribution >= 0.6 is 0 Å². The van der Waals surface area contributed by atoms with Crippen LogP contribution in [0.25, 0.3) is 11.5 Å². The van der Waals surface area contributed by atoms with Crippen LogP contribution in [0.1, 0.15) is 17.4 Å². The number of rotatable bonds is 7. The normalized spacial score (nSPS) is 12.6. The van der Waals surface area contributed by atoms with E-state index in [4.69, 9.17) is 9.15 Å². The van der Waals surface area contributed by atoms with Crippen molar-refractivity contribution in [1.82, 2.24) is 15.6 Å². The molecule has 140 valence electrons. The summed E-state index contributed by atoms with van der Waals surface area (Å²) in [6.45, 7) is 1.12. The van der Waals surface area contributed by atoms with Gasteiger partial charge in [0.05, 0.1) is 18.3 Å². The van der Waals surface area contributed by atoms with Crippen molar-refractivity contribution in [3.8, 4) is 11.5 Å². The van der Waals surface area contributed by atoms with E-state index in [9.17, 15) is 0 Å². The summed E-state index contributed by atoms with van der Waals surface area (Å²) in [4.78, 5) is 8.76. The largest absolute Gasteiger partial charge is 0.444 e. The molecule has 1 unspecified atom stereocenters. The zero-order valence-electron chi connectivity index (χ0n) is 15.6. The summed E-state index contributed by atoms with van der Waals surface area (Å²) < 4.78 is 11.1. The second-order valence-corrected chi connectivity index (χ2v) is 5.95. The summed E-state index contributed by atoms with van der Waals surface area (Å²) >= 11 is 0. The molecule has 0 saturated heterocycles. The van der Waals surface area contributed by atoms with Crippen LogP contribution in [0.5, 0.6) is 0 Å². The third-order valence-electron chi connectivity index (χ3n) is 4.14. The number of methoxy groups -OCH3 is 1. The Labute approximate surface area is 159 Å². The van der Waals surface area contributed by atoms with Crippen molar-refractivity contribution in [2.24, 2.45) is 4.99 Å². The third-order valence-corrected chi connectivity index (χ3v) is 4.14. The third kappa shape index (κ3) is 5.18.